The number of ether oxygens (including phenoxy) is 3. The predicted octanol–water partition coefficient (Wildman–Crippen LogP) is 8.55. The van der Waals surface area contributed by atoms with E-state index in [4.69, 9.17) is 14.2 Å². The number of phenolic OH excluding ortho intramolecular Hbond substituents is 1. The van der Waals surface area contributed by atoms with Crippen molar-refractivity contribution in [1.82, 2.24) is 0 Å². The van der Waals surface area contributed by atoms with Crippen LogP contribution in [0.5, 0.6) is 23.0 Å². The number of carbonyl (C=O) groups excluding carboxylic acids is 2. The van der Waals surface area contributed by atoms with Crippen molar-refractivity contribution in [3.05, 3.63) is 48.5 Å². The van der Waals surface area contributed by atoms with Gasteiger partial charge in [-0.25, -0.2) is 0 Å². The fourth-order valence-corrected chi connectivity index (χ4v) is 95.4. The van der Waals surface area contributed by atoms with Crippen LogP contribution in [0.4, 0.5) is 0 Å². The Kier molecular flexibility index (Phi) is 1.98. The molecule has 1 N–H and O–H groups in total. The molecule has 12 rings (SSSR count). The van der Waals surface area contributed by atoms with Crippen molar-refractivity contribution in [2.75, 3.05) is 6.61 Å². The first kappa shape index (κ1) is 22.1. The van der Waals surface area contributed by atoms with Crippen LogP contribution in [0.1, 0.15) is 58.3 Å². The van der Waals surface area contributed by atoms with E-state index in [1.54, 1.807) is 24.3 Å². The quantitative estimate of drug-likeness (QED) is 0.102. The average molecular weight is 599 g/mol. The van der Waals surface area contributed by atoms with E-state index in [1.807, 2.05) is 24.3 Å². The number of hydrogen-bond acceptors (Lipinski definition) is 6. The molecule has 218 valence electrons. The Morgan fingerprint density at radius 3 is 1.54 bits per heavy atom. The van der Waals surface area contributed by atoms with Gasteiger partial charge in [-0.2, -0.15) is 0 Å². The summed E-state index contributed by atoms with van der Waals surface area (Å²) in [6.07, 6.45) is 10.2. The first-order chi connectivity index (χ1) is 19.8. The first-order valence-electron chi connectivity index (χ1n) is 15.9. The van der Waals surface area contributed by atoms with E-state index in [-0.39, 0.29) is 26.3 Å². The zero-order valence-electron chi connectivity index (χ0n) is 23.4. The van der Waals surface area contributed by atoms with Crippen molar-refractivity contribution in [2.45, 2.75) is 105 Å². The summed E-state index contributed by atoms with van der Waals surface area (Å²) >= 11 is 0. The summed E-state index contributed by atoms with van der Waals surface area (Å²) in [4.78, 5) is 33.3. The molecule has 10 fully saturated rings. The Morgan fingerprint density at radius 2 is 1.07 bits per heavy atom. The molecule has 7 heteroatoms. The van der Waals surface area contributed by atoms with E-state index >= 15 is 0 Å². The number of benzene rings is 2. The van der Waals surface area contributed by atoms with E-state index < -0.39 is 6.51 Å². The first-order valence-corrected chi connectivity index (χ1v) is 22.1. The number of carbonyl (C=O) groups is 2. The van der Waals surface area contributed by atoms with Crippen molar-refractivity contribution in [2.24, 2.45) is 0 Å². The predicted molar refractivity (Wildman–Crippen MR) is 149 cm³/mol. The number of fused-ring (bicyclic) bond motifs is 10. The van der Waals surface area contributed by atoms with Crippen LogP contribution < -0.4 is 14.2 Å². The third-order valence-electron chi connectivity index (χ3n) is 19.8. The fraction of sp³-hybridized carbons (Fsp3) is 0.588. The molecule has 0 aromatic heterocycles. The summed E-state index contributed by atoms with van der Waals surface area (Å²) in [7, 11) is 0. The molecule has 0 saturated carbocycles. The number of phenols is 1. The van der Waals surface area contributed by atoms with E-state index in [0.29, 0.717) is 30.8 Å². The summed E-state index contributed by atoms with van der Waals surface area (Å²) in [6.45, 7) is -1.47. The van der Waals surface area contributed by atoms with Crippen LogP contribution in [-0.4, -0.2) is 23.7 Å². The molecule has 2 aromatic carbocycles. The van der Waals surface area contributed by atoms with Gasteiger partial charge in [0, 0.05) is 0 Å². The Bertz CT molecular complexity index is 1970. The molecule has 8 unspecified atom stereocenters. The Morgan fingerprint density at radius 1 is 0.659 bits per heavy atom. The monoisotopic (exact) mass is 598 g/mol. The van der Waals surface area contributed by atoms with Crippen molar-refractivity contribution in [1.29, 1.82) is 0 Å². The van der Waals surface area contributed by atoms with E-state index in [9.17, 15) is 14.7 Å². The maximum atomic E-state index is 14.2. The number of rotatable bonds is 14. The van der Waals surface area contributed by atoms with Gasteiger partial charge in [0.15, 0.2) is 0 Å². The van der Waals surface area contributed by atoms with Crippen LogP contribution in [0.2, 0.25) is 47.2 Å². The van der Waals surface area contributed by atoms with Crippen LogP contribution >= 0.6 is 0 Å². The SMILES string of the molecule is CCCCCCCCCCOc1ccc(OC(=O)[C]23[CH]4[CH]5[CH]6[CH]2[Fe]56432789[CH]3[CH]2[CH]7[C]8(C(=O)Oc2ccc(O)cc2)[CH]39)cc1. The number of hydrogen-bond donors (Lipinski definition) is 1. The topological polar surface area (TPSA) is 82.1 Å². The van der Waals surface area contributed by atoms with Gasteiger partial charge in [-0.15, -0.1) is 0 Å². The van der Waals surface area contributed by atoms with E-state index in [2.05, 4.69) is 6.92 Å². The summed E-state index contributed by atoms with van der Waals surface area (Å²) in [5.74, 6) is 2.07. The van der Waals surface area contributed by atoms with Crippen LogP contribution in [0, 0.1) is 0 Å². The molecule has 8 atom stereocenters. The summed E-state index contributed by atoms with van der Waals surface area (Å²) in [6, 6.07) is 14.1. The fourth-order valence-electron chi connectivity index (χ4n) is 20.6. The summed E-state index contributed by atoms with van der Waals surface area (Å²) in [5, 5.41) is 9.64. The second-order valence-corrected chi connectivity index (χ2v) is 40.0. The van der Waals surface area contributed by atoms with E-state index in [0.717, 1.165) is 38.0 Å². The van der Waals surface area contributed by atoms with Crippen molar-refractivity contribution in [3.63, 3.8) is 0 Å². The van der Waals surface area contributed by atoms with Gasteiger partial charge in [0.25, 0.3) is 0 Å². The molecule has 0 radical (unpaired) electrons. The normalized spacial score (nSPS) is 57.6. The van der Waals surface area contributed by atoms with Crippen LogP contribution in [-0.2, 0) is 16.1 Å². The molecular weight excluding hydrogens is 560 g/mol. The molecule has 1 spiro atoms. The molecule has 6 nitrogen and oxygen atoms in total. The molecular formula is C34H38FeO6. The Labute approximate surface area is 230 Å². The molecule has 10 saturated heterocycles. The Balaban J connectivity index is 0.753. The van der Waals surface area contributed by atoms with Crippen LogP contribution in [0.15, 0.2) is 48.5 Å². The summed E-state index contributed by atoms with van der Waals surface area (Å²) < 4.78 is 17.7. The minimum atomic E-state index is -4.44. The molecule has 10 aliphatic heterocycles. The minimum absolute atomic E-state index is 0.00779. The molecule has 10 heterocycles. The second-order valence-electron chi connectivity index (χ2n) is 16.8. The maximum absolute atomic E-state index is 14.2. The zero-order valence-corrected chi connectivity index (χ0v) is 24.5. The Hall–Kier alpha value is -2.50. The molecule has 2 aromatic rings. The van der Waals surface area contributed by atoms with Gasteiger partial charge in [0.1, 0.15) is 0 Å². The third-order valence-corrected chi connectivity index (χ3v) is 62.4. The van der Waals surface area contributed by atoms with Gasteiger partial charge in [-0.3, -0.25) is 0 Å². The van der Waals surface area contributed by atoms with Crippen LogP contribution in [0.3, 0.4) is 0 Å². The number of esters is 2. The van der Waals surface area contributed by atoms with Gasteiger partial charge >= 0.3 is 192 Å². The number of aromatic hydroxyl groups is 1. The molecule has 0 aliphatic carbocycles. The average Bonchev–Trinajstić information content (AvgIpc) is 3.92. The van der Waals surface area contributed by atoms with Crippen LogP contribution in [0.25, 0.3) is 0 Å². The second kappa shape index (κ2) is 3.68. The third kappa shape index (κ3) is 0.627. The van der Waals surface area contributed by atoms with Gasteiger partial charge < -0.3 is 0 Å². The standard InChI is InChI=1S/C22H29O3.C12H9O3.Fe/c1-2-3-4-5-6-7-8-11-18-24-20-14-16-21(17-15-20)25-22(23)19-12-9-10-13-19;13-10-5-7-11(8-6-10)15-12(14)9-3-1-2-4-9;/h9-10,12-17H,2-8,11,18H2,1H3;1-8,13H;. The zero-order chi connectivity index (χ0) is 27.5. The molecule has 41 heavy (non-hydrogen) atoms. The molecule has 10 aliphatic rings. The van der Waals surface area contributed by atoms with Crippen molar-refractivity contribution >= 4 is 11.9 Å². The molecule has 0 amide bonds. The van der Waals surface area contributed by atoms with Gasteiger partial charge in [0.2, 0.25) is 0 Å². The van der Waals surface area contributed by atoms with E-state index in [1.165, 1.54) is 44.9 Å². The number of unbranched alkanes of at least 4 members (excludes halogenated alkanes) is 7. The van der Waals surface area contributed by atoms with Crippen molar-refractivity contribution < 1.29 is 35.4 Å². The van der Waals surface area contributed by atoms with Gasteiger partial charge in [0.05, 0.1) is 0 Å². The van der Waals surface area contributed by atoms with Crippen molar-refractivity contribution in [3.8, 4) is 23.0 Å². The summed E-state index contributed by atoms with van der Waals surface area (Å²) in [5.41, 5.74) is 0. The van der Waals surface area contributed by atoms with Gasteiger partial charge in [-0.05, 0) is 0 Å². The molecule has 0 bridgehead atoms. The van der Waals surface area contributed by atoms with Gasteiger partial charge in [-0.1, -0.05) is 39.0 Å².